The number of nitrogens with one attached hydrogen (secondary N) is 1. The topological polar surface area (TPSA) is 29.9 Å². The number of hydrogen-bond donors (Lipinski definition) is 1. The second-order valence-corrected chi connectivity index (χ2v) is 4.64. The predicted molar refractivity (Wildman–Crippen MR) is 70.3 cm³/mol. The summed E-state index contributed by atoms with van der Waals surface area (Å²) < 4.78 is 15.3. The fourth-order valence-electron chi connectivity index (χ4n) is 1.99. The molecule has 0 amide bonds. The van der Waals surface area contributed by atoms with Gasteiger partial charge in [0.2, 0.25) is 0 Å². The van der Waals surface area contributed by atoms with Crippen LogP contribution in [0.3, 0.4) is 0 Å². The molecule has 0 saturated heterocycles. The molecule has 5 heteroatoms. The quantitative estimate of drug-likeness (QED) is 0.927. The molecule has 18 heavy (non-hydrogen) atoms. The Balaban J connectivity index is 2.48. The molecule has 0 saturated carbocycles. The van der Waals surface area contributed by atoms with Crippen molar-refractivity contribution in [1.82, 2.24) is 15.1 Å². The Morgan fingerprint density at radius 2 is 2.17 bits per heavy atom. The number of nitrogens with zero attached hydrogens (tertiary/aromatic N) is 2. The normalized spacial score (nSPS) is 12.7. The first kappa shape index (κ1) is 13.1. The van der Waals surface area contributed by atoms with Gasteiger partial charge in [0.15, 0.2) is 0 Å². The van der Waals surface area contributed by atoms with Crippen molar-refractivity contribution < 1.29 is 4.39 Å². The molecule has 96 valence electrons. The SMILES string of the molecule is CNC(c1ccc(C)c(F)c1)c1c(Cl)cnn1C. The molecule has 1 N–H and O–H groups in total. The smallest absolute Gasteiger partial charge is 0.126 e. The van der Waals surface area contributed by atoms with E-state index < -0.39 is 0 Å². The Morgan fingerprint density at radius 1 is 1.44 bits per heavy atom. The number of halogens is 2. The number of benzene rings is 1. The van der Waals surface area contributed by atoms with E-state index in [0.29, 0.717) is 10.6 Å². The van der Waals surface area contributed by atoms with Gasteiger partial charge in [-0.15, -0.1) is 0 Å². The standard InChI is InChI=1S/C13H15ClFN3/c1-8-4-5-9(6-11(8)15)12(16-2)13-10(14)7-17-18(13)3/h4-7,12,16H,1-3H3. The molecular weight excluding hydrogens is 253 g/mol. The van der Waals surface area contributed by atoms with Gasteiger partial charge in [-0.2, -0.15) is 5.10 Å². The third-order valence-corrected chi connectivity index (χ3v) is 3.32. The lowest BCUT2D eigenvalue weighted by Gasteiger charge is -2.18. The molecule has 0 radical (unpaired) electrons. The number of hydrogen-bond acceptors (Lipinski definition) is 2. The van der Waals surface area contributed by atoms with E-state index in [9.17, 15) is 4.39 Å². The molecule has 2 aromatic rings. The van der Waals surface area contributed by atoms with E-state index in [4.69, 9.17) is 11.6 Å². The highest BCUT2D eigenvalue weighted by atomic mass is 35.5. The van der Waals surface area contributed by atoms with E-state index in [1.165, 1.54) is 6.07 Å². The fraction of sp³-hybridized carbons (Fsp3) is 0.308. The molecule has 1 unspecified atom stereocenters. The number of aryl methyl sites for hydroxylation is 2. The van der Waals surface area contributed by atoms with Crippen molar-refractivity contribution >= 4 is 11.6 Å². The van der Waals surface area contributed by atoms with Crippen molar-refractivity contribution in [2.75, 3.05) is 7.05 Å². The molecule has 2 rings (SSSR count). The molecule has 1 atom stereocenters. The van der Waals surface area contributed by atoms with Gasteiger partial charge < -0.3 is 5.32 Å². The Hall–Kier alpha value is -1.39. The highest BCUT2D eigenvalue weighted by Gasteiger charge is 2.20. The van der Waals surface area contributed by atoms with E-state index in [1.54, 1.807) is 23.9 Å². The van der Waals surface area contributed by atoms with Gasteiger partial charge in [0.1, 0.15) is 5.82 Å². The minimum Gasteiger partial charge on any atom is -0.308 e. The summed E-state index contributed by atoms with van der Waals surface area (Å²) in [5.41, 5.74) is 2.28. The predicted octanol–water partition coefficient (Wildman–Crippen LogP) is 2.83. The Morgan fingerprint density at radius 3 is 2.67 bits per heavy atom. The van der Waals surface area contributed by atoms with E-state index >= 15 is 0 Å². The lowest BCUT2D eigenvalue weighted by molar-refractivity contribution is 0.588. The van der Waals surface area contributed by atoms with E-state index in [1.807, 2.05) is 20.2 Å². The highest BCUT2D eigenvalue weighted by Crippen LogP contribution is 2.28. The average molecular weight is 268 g/mol. The first-order valence-electron chi connectivity index (χ1n) is 5.65. The van der Waals surface area contributed by atoms with Crippen LogP contribution in [0, 0.1) is 12.7 Å². The summed E-state index contributed by atoms with van der Waals surface area (Å²) in [5, 5.41) is 7.81. The monoisotopic (exact) mass is 267 g/mol. The van der Waals surface area contributed by atoms with Gasteiger partial charge in [-0.1, -0.05) is 23.7 Å². The summed E-state index contributed by atoms with van der Waals surface area (Å²) in [6.07, 6.45) is 1.59. The summed E-state index contributed by atoms with van der Waals surface area (Å²) in [5.74, 6) is -0.217. The fourth-order valence-corrected chi connectivity index (χ4v) is 2.27. The van der Waals surface area contributed by atoms with Crippen molar-refractivity contribution in [1.29, 1.82) is 0 Å². The molecule has 0 spiro atoms. The summed E-state index contributed by atoms with van der Waals surface area (Å²) >= 11 is 6.12. The van der Waals surface area contributed by atoms with E-state index in [0.717, 1.165) is 11.3 Å². The first-order chi connectivity index (χ1) is 8.54. The summed E-state index contributed by atoms with van der Waals surface area (Å²) in [4.78, 5) is 0. The van der Waals surface area contributed by atoms with Gasteiger partial charge in [0.05, 0.1) is 23.0 Å². The van der Waals surface area contributed by atoms with Crippen LogP contribution in [0.25, 0.3) is 0 Å². The Kier molecular flexibility index (Phi) is 3.68. The Labute approximate surface area is 111 Å². The van der Waals surface area contributed by atoms with Crippen molar-refractivity contribution in [3.8, 4) is 0 Å². The van der Waals surface area contributed by atoms with Crippen LogP contribution in [-0.4, -0.2) is 16.8 Å². The first-order valence-corrected chi connectivity index (χ1v) is 6.03. The molecule has 1 heterocycles. The molecule has 3 nitrogen and oxygen atoms in total. The summed E-state index contributed by atoms with van der Waals surface area (Å²) in [7, 11) is 3.63. The summed E-state index contributed by atoms with van der Waals surface area (Å²) in [6.45, 7) is 1.74. The van der Waals surface area contributed by atoms with Gasteiger partial charge in [-0.25, -0.2) is 4.39 Å². The number of aromatic nitrogens is 2. The summed E-state index contributed by atoms with van der Waals surface area (Å²) in [6, 6.07) is 5.00. The van der Waals surface area contributed by atoms with E-state index in [-0.39, 0.29) is 11.9 Å². The van der Waals surface area contributed by atoms with Gasteiger partial charge in [-0.05, 0) is 31.2 Å². The van der Waals surface area contributed by atoms with Gasteiger partial charge in [0.25, 0.3) is 0 Å². The van der Waals surface area contributed by atoms with Gasteiger partial charge in [0, 0.05) is 7.05 Å². The molecule has 1 aromatic heterocycles. The minimum absolute atomic E-state index is 0.180. The van der Waals surface area contributed by atoms with Crippen LogP contribution < -0.4 is 5.32 Å². The third kappa shape index (κ3) is 2.26. The maximum Gasteiger partial charge on any atom is 0.126 e. The van der Waals surface area contributed by atoms with Crippen LogP contribution >= 0.6 is 11.6 Å². The molecule has 0 aliphatic heterocycles. The average Bonchev–Trinajstić information content (AvgIpc) is 2.66. The largest absolute Gasteiger partial charge is 0.308 e. The maximum absolute atomic E-state index is 13.6. The van der Waals surface area contributed by atoms with Crippen LogP contribution in [0.1, 0.15) is 22.9 Å². The van der Waals surface area contributed by atoms with Crippen LogP contribution in [0.15, 0.2) is 24.4 Å². The third-order valence-electron chi connectivity index (χ3n) is 3.03. The molecular formula is C13H15ClFN3. The second-order valence-electron chi connectivity index (χ2n) is 4.23. The number of rotatable bonds is 3. The highest BCUT2D eigenvalue weighted by molar-refractivity contribution is 6.31. The molecule has 0 aliphatic rings. The van der Waals surface area contributed by atoms with Crippen LogP contribution in [-0.2, 0) is 7.05 Å². The Bertz CT molecular complexity index is 546. The molecule has 0 bridgehead atoms. The van der Waals surface area contributed by atoms with E-state index in [2.05, 4.69) is 10.4 Å². The lowest BCUT2D eigenvalue weighted by atomic mass is 10.0. The van der Waals surface area contributed by atoms with Gasteiger partial charge >= 0.3 is 0 Å². The lowest BCUT2D eigenvalue weighted by Crippen LogP contribution is -2.21. The van der Waals surface area contributed by atoms with Crippen molar-refractivity contribution in [2.45, 2.75) is 13.0 Å². The van der Waals surface area contributed by atoms with Crippen molar-refractivity contribution in [3.05, 3.63) is 52.1 Å². The van der Waals surface area contributed by atoms with Gasteiger partial charge in [-0.3, -0.25) is 4.68 Å². The van der Waals surface area contributed by atoms with Crippen LogP contribution in [0.5, 0.6) is 0 Å². The zero-order valence-corrected chi connectivity index (χ0v) is 11.3. The molecule has 0 fully saturated rings. The second kappa shape index (κ2) is 5.08. The maximum atomic E-state index is 13.6. The van der Waals surface area contributed by atoms with Crippen LogP contribution in [0.2, 0.25) is 5.02 Å². The minimum atomic E-state index is -0.217. The molecule has 0 aliphatic carbocycles. The molecule has 1 aromatic carbocycles. The zero-order chi connectivity index (χ0) is 13.3. The zero-order valence-electron chi connectivity index (χ0n) is 10.5. The van der Waals surface area contributed by atoms with Crippen LogP contribution in [0.4, 0.5) is 4.39 Å². The van der Waals surface area contributed by atoms with Crippen molar-refractivity contribution in [2.24, 2.45) is 7.05 Å². The van der Waals surface area contributed by atoms with Crippen molar-refractivity contribution in [3.63, 3.8) is 0 Å².